The third-order valence-corrected chi connectivity index (χ3v) is 6.83. The maximum atomic E-state index is 12.8. The summed E-state index contributed by atoms with van der Waals surface area (Å²) in [6.07, 6.45) is 4.59. The van der Waals surface area contributed by atoms with E-state index in [2.05, 4.69) is 15.5 Å². The Hall–Kier alpha value is -1.93. The van der Waals surface area contributed by atoms with Gasteiger partial charge in [-0.15, -0.1) is 10.2 Å². The molecule has 0 saturated heterocycles. The first kappa shape index (κ1) is 18.4. The largest absolute Gasteiger partial charge is 0.352 e. The number of carbonyl (C=O) groups is 2. The third-order valence-electron chi connectivity index (χ3n) is 4.57. The lowest BCUT2D eigenvalue weighted by molar-refractivity contribution is -0.121. The zero-order valence-corrected chi connectivity index (χ0v) is 16.8. The van der Waals surface area contributed by atoms with Crippen LogP contribution >= 0.6 is 23.1 Å². The summed E-state index contributed by atoms with van der Waals surface area (Å²) in [4.78, 5) is 26.8. The monoisotopic (exact) mass is 402 g/mol. The summed E-state index contributed by atoms with van der Waals surface area (Å²) < 4.78 is 0.708. The SMILES string of the molecule is CCC(=O)N(c1nnc(S[C@H](C(=O)NC2CC2)c2ccccc2)s1)C1CC1. The van der Waals surface area contributed by atoms with E-state index in [1.807, 2.05) is 37.3 Å². The molecule has 1 atom stereocenters. The van der Waals surface area contributed by atoms with E-state index in [1.54, 1.807) is 4.90 Å². The van der Waals surface area contributed by atoms with E-state index in [0.717, 1.165) is 31.2 Å². The van der Waals surface area contributed by atoms with Crippen LogP contribution in [-0.4, -0.2) is 34.1 Å². The molecule has 1 heterocycles. The predicted molar refractivity (Wildman–Crippen MR) is 107 cm³/mol. The Morgan fingerprint density at radius 2 is 1.96 bits per heavy atom. The molecular formula is C19H22N4O2S2. The number of carbonyl (C=O) groups excluding carboxylic acids is 2. The summed E-state index contributed by atoms with van der Waals surface area (Å²) in [5.41, 5.74) is 0.945. The van der Waals surface area contributed by atoms with Gasteiger partial charge in [0.25, 0.3) is 0 Å². The number of anilines is 1. The van der Waals surface area contributed by atoms with Crippen molar-refractivity contribution in [2.45, 2.75) is 60.7 Å². The van der Waals surface area contributed by atoms with Gasteiger partial charge in [0.15, 0.2) is 4.34 Å². The highest BCUT2D eigenvalue weighted by atomic mass is 32.2. The standard InChI is InChI=1S/C19H22N4O2S2/c1-2-15(24)23(14-10-11-14)18-21-22-19(27-18)26-16(12-6-4-3-5-7-12)17(25)20-13-8-9-13/h3-7,13-14,16H,2,8-11H2,1H3,(H,20,25)/t16-/m0/s1. The summed E-state index contributed by atoms with van der Waals surface area (Å²) in [5, 5.41) is 11.9. The van der Waals surface area contributed by atoms with Crippen LogP contribution in [0.25, 0.3) is 0 Å². The van der Waals surface area contributed by atoms with Crippen molar-refractivity contribution >= 4 is 40.0 Å². The van der Waals surface area contributed by atoms with E-state index < -0.39 is 0 Å². The van der Waals surface area contributed by atoms with Gasteiger partial charge in [-0.3, -0.25) is 14.5 Å². The van der Waals surface area contributed by atoms with E-state index >= 15 is 0 Å². The quantitative estimate of drug-likeness (QED) is 0.540. The highest BCUT2D eigenvalue weighted by Crippen LogP contribution is 2.41. The summed E-state index contributed by atoms with van der Waals surface area (Å²) in [6.45, 7) is 1.86. The van der Waals surface area contributed by atoms with Gasteiger partial charge in [-0.1, -0.05) is 60.4 Å². The van der Waals surface area contributed by atoms with Crippen LogP contribution in [-0.2, 0) is 9.59 Å². The molecule has 27 heavy (non-hydrogen) atoms. The van der Waals surface area contributed by atoms with Gasteiger partial charge in [0, 0.05) is 18.5 Å². The van der Waals surface area contributed by atoms with Crippen molar-refractivity contribution < 1.29 is 9.59 Å². The molecule has 2 fully saturated rings. The van der Waals surface area contributed by atoms with Gasteiger partial charge in [0.1, 0.15) is 5.25 Å². The van der Waals surface area contributed by atoms with E-state index in [0.29, 0.717) is 21.9 Å². The Morgan fingerprint density at radius 3 is 2.59 bits per heavy atom. The second-order valence-electron chi connectivity index (χ2n) is 6.89. The molecule has 2 aliphatic carbocycles. The summed E-state index contributed by atoms with van der Waals surface area (Å²) >= 11 is 2.80. The van der Waals surface area contributed by atoms with Gasteiger partial charge in [0.05, 0.1) is 0 Å². The molecule has 0 unspecified atom stereocenters. The van der Waals surface area contributed by atoms with E-state index in [9.17, 15) is 9.59 Å². The second-order valence-corrected chi connectivity index (χ2v) is 9.20. The average molecular weight is 403 g/mol. The molecule has 0 spiro atoms. The second kappa shape index (κ2) is 7.98. The lowest BCUT2D eigenvalue weighted by Crippen LogP contribution is -2.32. The van der Waals surface area contributed by atoms with Gasteiger partial charge in [0.2, 0.25) is 16.9 Å². The van der Waals surface area contributed by atoms with Gasteiger partial charge in [-0.05, 0) is 31.2 Å². The molecule has 2 amide bonds. The van der Waals surface area contributed by atoms with E-state index in [1.165, 1.54) is 23.1 Å². The first-order valence-corrected chi connectivity index (χ1v) is 11.0. The van der Waals surface area contributed by atoms with Crippen LogP contribution in [0.3, 0.4) is 0 Å². The molecule has 1 aromatic heterocycles. The fourth-order valence-electron chi connectivity index (χ4n) is 2.82. The lowest BCUT2D eigenvalue weighted by Gasteiger charge is -2.17. The highest BCUT2D eigenvalue weighted by Gasteiger charge is 2.36. The summed E-state index contributed by atoms with van der Waals surface area (Å²) in [5.74, 6) is 0.0884. The van der Waals surface area contributed by atoms with Crippen LogP contribution in [0.5, 0.6) is 0 Å². The predicted octanol–water partition coefficient (Wildman–Crippen LogP) is 3.56. The van der Waals surface area contributed by atoms with E-state index in [4.69, 9.17) is 0 Å². The number of hydrogen-bond acceptors (Lipinski definition) is 6. The van der Waals surface area contributed by atoms with Crippen molar-refractivity contribution in [3.63, 3.8) is 0 Å². The summed E-state index contributed by atoms with van der Waals surface area (Å²) in [7, 11) is 0. The van der Waals surface area contributed by atoms with E-state index in [-0.39, 0.29) is 23.1 Å². The molecular weight excluding hydrogens is 380 g/mol. The minimum Gasteiger partial charge on any atom is -0.352 e. The van der Waals surface area contributed by atoms with Crippen molar-refractivity contribution in [3.05, 3.63) is 35.9 Å². The average Bonchev–Trinajstić information content (AvgIpc) is 3.61. The zero-order valence-electron chi connectivity index (χ0n) is 15.1. The highest BCUT2D eigenvalue weighted by molar-refractivity contribution is 8.01. The fourth-order valence-corrected chi connectivity index (χ4v) is 4.95. The van der Waals surface area contributed by atoms with Crippen molar-refractivity contribution in [1.82, 2.24) is 15.5 Å². The number of thioether (sulfide) groups is 1. The Bertz CT molecular complexity index is 818. The Kier molecular flexibility index (Phi) is 5.45. The fraction of sp³-hybridized carbons (Fsp3) is 0.474. The van der Waals surface area contributed by atoms with Gasteiger partial charge < -0.3 is 5.32 Å². The van der Waals surface area contributed by atoms with Crippen molar-refractivity contribution in [2.75, 3.05) is 4.90 Å². The molecule has 142 valence electrons. The molecule has 2 aromatic rings. The van der Waals surface area contributed by atoms with Crippen LogP contribution < -0.4 is 10.2 Å². The van der Waals surface area contributed by atoms with Crippen molar-refractivity contribution in [3.8, 4) is 0 Å². The Balaban J connectivity index is 1.53. The number of nitrogens with one attached hydrogen (secondary N) is 1. The normalized spacial score (nSPS) is 17.4. The number of aromatic nitrogens is 2. The summed E-state index contributed by atoms with van der Waals surface area (Å²) in [6, 6.07) is 10.3. The van der Waals surface area contributed by atoms with Crippen LogP contribution in [0.1, 0.15) is 49.8 Å². The number of nitrogens with zero attached hydrogens (tertiary/aromatic N) is 3. The Labute approximate surface area is 166 Å². The van der Waals surface area contributed by atoms with Crippen LogP contribution in [0.15, 0.2) is 34.7 Å². The van der Waals surface area contributed by atoms with Crippen LogP contribution in [0.4, 0.5) is 5.13 Å². The first-order chi connectivity index (χ1) is 13.2. The molecule has 2 saturated carbocycles. The minimum atomic E-state index is -0.371. The molecule has 8 heteroatoms. The molecule has 4 rings (SSSR count). The maximum Gasteiger partial charge on any atom is 0.238 e. The molecule has 0 aliphatic heterocycles. The number of benzene rings is 1. The van der Waals surface area contributed by atoms with Crippen molar-refractivity contribution in [2.24, 2.45) is 0 Å². The number of rotatable bonds is 8. The lowest BCUT2D eigenvalue weighted by atomic mass is 10.1. The topological polar surface area (TPSA) is 75.2 Å². The van der Waals surface area contributed by atoms with Gasteiger partial charge in [-0.2, -0.15) is 0 Å². The van der Waals surface area contributed by atoms with Crippen molar-refractivity contribution in [1.29, 1.82) is 0 Å². The minimum absolute atomic E-state index is 0.00846. The molecule has 2 aliphatic rings. The molecule has 0 bridgehead atoms. The molecule has 6 nitrogen and oxygen atoms in total. The van der Waals surface area contributed by atoms with Crippen LogP contribution in [0, 0.1) is 0 Å². The number of hydrogen-bond donors (Lipinski definition) is 1. The number of amides is 2. The smallest absolute Gasteiger partial charge is 0.238 e. The maximum absolute atomic E-state index is 12.8. The molecule has 1 N–H and O–H groups in total. The first-order valence-electron chi connectivity index (χ1n) is 9.33. The third kappa shape index (κ3) is 4.50. The Morgan fingerprint density at radius 1 is 1.22 bits per heavy atom. The van der Waals surface area contributed by atoms with Crippen LogP contribution in [0.2, 0.25) is 0 Å². The van der Waals surface area contributed by atoms with Gasteiger partial charge in [-0.25, -0.2) is 0 Å². The molecule has 1 aromatic carbocycles. The van der Waals surface area contributed by atoms with Gasteiger partial charge >= 0.3 is 0 Å². The molecule has 0 radical (unpaired) electrons. The zero-order chi connectivity index (χ0) is 18.8.